The third kappa shape index (κ3) is 3.31. The molecule has 2 atom stereocenters. The van der Waals surface area contributed by atoms with Crippen molar-refractivity contribution in [3.05, 3.63) is 28.2 Å². The maximum atomic E-state index is 6.11. The molecule has 1 fully saturated rings. The largest absolute Gasteiger partial charge is 0.490 e. The first-order valence-corrected chi connectivity index (χ1v) is 7.16. The number of nitrogens with one attached hydrogen (secondary N) is 1. The number of ether oxygens (including phenoxy) is 1. The van der Waals surface area contributed by atoms with E-state index in [1.54, 1.807) is 12.1 Å². The molecule has 0 aliphatic carbocycles. The van der Waals surface area contributed by atoms with Crippen LogP contribution in [0, 0.1) is 11.8 Å². The lowest BCUT2D eigenvalue weighted by atomic mass is 9.92. The van der Waals surface area contributed by atoms with Crippen LogP contribution < -0.4 is 10.1 Å². The zero-order chi connectivity index (χ0) is 13.1. The molecule has 1 saturated heterocycles. The summed E-state index contributed by atoms with van der Waals surface area (Å²) < 4.78 is 6.11. The lowest BCUT2D eigenvalue weighted by molar-refractivity contribution is 0.0974. The highest BCUT2D eigenvalue weighted by atomic mass is 35.5. The zero-order valence-electron chi connectivity index (χ0n) is 10.7. The van der Waals surface area contributed by atoms with Gasteiger partial charge in [0.25, 0.3) is 0 Å². The van der Waals surface area contributed by atoms with Gasteiger partial charge in [0.05, 0.1) is 10.0 Å². The van der Waals surface area contributed by atoms with E-state index < -0.39 is 0 Å². The Morgan fingerprint density at radius 3 is 2.61 bits per heavy atom. The lowest BCUT2D eigenvalue weighted by Crippen LogP contribution is -2.33. The molecule has 1 heterocycles. The van der Waals surface area contributed by atoms with E-state index in [1.165, 1.54) is 6.42 Å². The molecule has 0 spiro atoms. The molecule has 2 nitrogen and oxygen atoms in total. The molecule has 0 amide bonds. The SMILES string of the molecule is CC(C)[C@@H](Oc1ccc(Cl)c(Cl)c1)[C@H]1CCNC1. The van der Waals surface area contributed by atoms with Crippen molar-refractivity contribution >= 4 is 23.2 Å². The van der Waals surface area contributed by atoms with Gasteiger partial charge >= 0.3 is 0 Å². The Balaban J connectivity index is 2.10. The summed E-state index contributed by atoms with van der Waals surface area (Å²) in [6.07, 6.45) is 1.39. The second-order valence-electron chi connectivity index (χ2n) is 5.16. The molecule has 1 aromatic carbocycles. The van der Waals surface area contributed by atoms with Gasteiger partial charge in [-0.15, -0.1) is 0 Å². The van der Waals surface area contributed by atoms with Gasteiger partial charge < -0.3 is 10.1 Å². The minimum absolute atomic E-state index is 0.220. The van der Waals surface area contributed by atoms with E-state index in [2.05, 4.69) is 19.2 Å². The Hall–Kier alpha value is -0.440. The molecule has 4 heteroatoms. The molecule has 18 heavy (non-hydrogen) atoms. The quantitative estimate of drug-likeness (QED) is 0.904. The molecule has 100 valence electrons. The van der Waals surface area contributed by atoms with Crippen LogP contribution in [0.1, 0.15) is 20.3 Å². The molecule has 0 saturated carbocycles. The van der Waals surface area contributed by atoms with Crippen LogP contribution >= 0.6 is 23.2 Å². The number of benzene rings is 1. The molecule has 1 N–H and O–H groups in total. The molecule has 0 radical (unpaired) electrons. The van der Waals surface area contributed by atoms with Crippen LogP contribution in [0.5, 0.6) is 5.75 Å². The summed E-state index contributed by atoms with van der Waals surface area (Å²) in [7, 11) is 0. The highest BCUT2D eigenvalue weighted by molar-refractivity contribution is 6.42. The Labute approximate surface area is 119 Å². The fourth-order valence-corrected chi connectivity index (χ4v) is 2.73. The Morgan fingerprint density at radius 2 is 2.06 bits per heavy atom. The molecular formula is C14H19Cl2NO. The Morgan fingerprint density at radius 1 is 1.28 bits per heavy atom. The van der Waals surface area contributed by atoms with E-state index >= 15 is 0 Å². The third-order valence-corrected chi connectivity index (χ3v) is 4.12. The van der Waals surface area contributed by atoms with Gasteiger partial charge in [-0.3, -0.25) is 0 Å². The van der Waals surface area contributed by atoms with E-state index in [4.69, 9.17) is 27.9 Å². The minimum Gasteiger partial charge on any atom is -0.490 e. The summed E-state index contributed by atoms with van der Waals surface area (Å²) in [4.78, 5) is 0. The number of rotatable bonds is 4. The summed E-state index contributed by atoms with van der Waals surface area (Å²) in [5.74, 6) is 1.85. The Kier molecular flexibility index (Phi) is 4.77. The second kappa shape index (κ2) is 6.14. The van der Waals surface area contributed by atoms with Crippen LogP contribution in [0.3, 0.4) is 0 Å². The van der Waals surface area contributed by atoms with Crippen molar-refractivity contribution in [1.29, 1.82) is 0 Å². The number of hydrogen-bond donors (Lipinski definition) is 1. The maximum Gasteiger partial charge on any atom is 0.121 e. The van der Waals surface area contributed by atoms with Gasteiger partial charge in [-0.05, 0) is 31.0 Å². The first kappa shape index (κ1) is 14.0. The van der Waals surface area contributed by atoms with Gasteiger partial charge in [-0.2, -0.15) is 0 Å². The van der Waals surface area contributed by atoms with Crippen molar-refractivity contribution in [3.8, 4) is 5.75 Å². The van der Waals surface area contributed by atoms with Crippen molar-refractivity contribution < 1.29 is 4.74 Å². The second-order valence-corrected chi connectivity index (χ2v) is 5.97. The number of hydrogen-bond acceptors (Lipinski definition) is 2. The standard InChI is InChI=1S/C14H19Cl2NO/c1-9(2)14(10-5-6-17-8-10)18-11-3-4-12(15)13(16)7-11/h3-4,7,9-10,14,17H,5-6,8H2,1-2H3/t10-,14+/m0/s1. The smallest absolute Gasteiger partial charge is 0.121 e. The van der Waals surface area contributed by atoms with Gasteiger partial charge in [0.15, 0.2) is 0 Å². The summed E-state index contributed by atoms with van der Waals surface area (Å²) in [5, 5.41) is 4.49. The minimum atomic E-state index is 0.220. The molecule has 0 bridgehead atoms. The van der Waals surface area contributed by atoms with Crippen LogP contribution in [0.2, 0.25) is 10.0 Å². The van der Waals surface area contributed by atoms with Crippen LogP contribution in [0.4, 0.5) is 0 Å². The maximum absolute atomic E-state index is 6.11. The molecule has 1 aliphatic heterocycles. The lowest BCUT2D eigenvalue weighted by Gasteiger charge is -2.27. The zero-order valence-corrected chi connectivity index (χ0v) is 12.3. The van der Waals surface area contributed by atoms with Crippen molar-refractivity contribution in [3.63, 3.8) is 0 Å². The van der Waals surface area contributed by atoms with E-state index in [9.17, 15) is 0 Å². The Bertz CT molecular complexity index is 403. The molecule has 1 aromatic rings. The first-order chi connectivity index (χ1) is 8.58. The van der Waals surface area contributed by atoms with Crippen molar-refractivity contribution in [2.45, 2.75) is 26.4 Å². The van der Waals surface area contributed by atoms with Gasteiger partial charge in [0, 0.05) is 18.5 Å². The molecular weight excluding hydrogens is 269 g/mol. The summed E-state index contributed by atoms with van der Waals surface area (Å²) in [5.41, 5.74) is 0. The summed E-state index contributed by atoms with van der Waals surface area (Å²) in [6, 6.07) is 5.46. The average Bonchev–Trinajstić information content (AvgIpc) is 2.83. The predicted molar refractivity (Wildman–Crippen MR) is 76.7 cm³/mol. The highest BCUT2D eigenvalue weighted by Crippen LogP contribution is 2.30. The fourth-order valence-electron chi connectivity index (χ4n) is 2.44. The van der Waals surface area contributed by atoms with Crippen LogP contribution in [0.15, 0.2) is 18.2 Å². The van der Waals surface area contributed by atoms with Gasteiger partial charge in [-0.1, -0.05) is 37.0 Å². The molecule has 0 unspecified atom stereocenters. The average molecular weight is 288 g/mol. The normalized spacial score (nSPS) is 21.3. The van der Waals surface area contributed by atoms with E-state index in [0.717, 1.165) is 18.8 Å². The van der Waals surface area contributed by atoms with Crippen LogP contribution in [-0.2, 0) is 0 Å². The number of halogens is 2. The van der Waals surface area contributed by atoms with Crippen LogP contribution in [0.25, 0.3) is 0 Å². The topological polar surface area (TPSA) is 21.3 Å². The van der Waals surface area contributed by atoms with E-state index in [-0.39, 0.29) is 6.10 Å². The third-order valence-electron chi connectivity index (χ3n) is 3.38. The predicted octanol–water partition coefficient (Wildman–Crippen LogP) is 4.01. The summed E-state index contributed by atoms with van der Waals surface area (Å²) >= 11 is 11.9. The van der Waals surface area contributed by atoms with Gasteiger partial charge in [0.2, 0.25) is 0 Å². The highest BCUT2D eigenvalue weighted by Gasteiger charge is 2.29. The fraction of sp³-hybridized carbons (Fsp3) is 0.571. The molecule has 0 aromatic heterocycles. The van der Waals surface area contributed by atoms with Crippen LogP contribution in [-0.4, -0.2) is 19.2 Å². The van der Waals surface area contributed by atoms with Crippen molar-refractivity contribution in [2.75, 3.05) is 13.1 Å². The van der Waals surface area contributed by atoms with Gasteiger partial charge in [-0.25, -0.2) is 0 Å². The van der Waals surface area contributed by atoms with Crippen molar-refractivity contribution in [1.82, 2.24) is 5.32 Å². The van der Waals surface area contributed by atoms with Crippen molar-refractivity contribution in [2.24, 2.45) is 11.8 Å². The monoisotopic (exact) mass is 287 g/mol. The molecule has 2 rings (SSSR count). The summed E-state index contributed by atoms with van der Waals surface area (Å²) in [6.45, 7) is 6.50. The van der Waals surface area contributed by atoms with E-state index in [1.807, 2.05) is 6.07 Å². The molecule has 1 aliphatic rings. The van der Waals surface area contributed by atoms with E-state index in [0.29, 0.717) is 21.9 Å². The van der Waals surface area contributed by atoms with Gasteiger partial charge in [0.1, 0.15) is 11.9 Å². The first-order valence-electron chi connectivity index (χ1n) is 6.40.